The summed E-state index contributed by atoms with van der Waals surface area (Å²) in [4.78, 5) is 12.0. The van der Waals surface area contributed by atoms with Crippen LogP contribution in [0, 0.1) is 12.3 Å². The minimum atomic E-state index is -2.90. The summed E-state index contributed by atoms with van der Waals surface area (Å²) in [6.45, 7) is 4.39. The first-order chi connectivity index (χ1) is 14.0. The molecule has 1 N–H and O–H groups in total. The number of halogens is 2. The molecule has 2 aromatic rings. The first kappa shape index (κ1) is 23.4. The van der Waals surface area contributed by atoms with Crippen LogP contribution in [0.2, 0.25) is 0 Å². The molecule has 162 valence electrons. The molecule has 1 unspecified atom stereocenters. The molecule has 0 radical (unpaired) electrons. The van der Waals surface area contributed by atoms with Crippen molar-refractivity contribution in [3.63, 3.8) is 0 Å². The van der Waals surface area contributed by atoms with Gasteiger partial charge >= 0.3 is 5.97 Å². The lowest BCUT2D eigenvalue weighted by Crippen LogP contribution is -2.25. The van der Waals surface area contributed by atoms with Crippen LogP contribution in [0.25, 0.3) is 6.08 Å². The van der Waals surface area contributed by atoms with Crippen molar-refractivity contribution in [3.05, 3.63) is 64.7 Å². The number of benzene rings is 2. The third kappa shape index (κ3) is 5.59. The summed E-state index contributed by atoms with van der Waals surface area (Å²) in [6.07, 6.45) is 4.17. The van der Waals surface area contributed by atoms with Crippen molar-refractivity contribution in [1.82, 2.24) is 0 Å². The molecule has 0 heterocycles. The molecule has 0 amide bonds. The largest absolute Gasteiger partial charge is 0.497 e. The van der Waals surface area contributed by atoms with Crippen LogP contribution in [-0.2, 0) is 17.1 Å². The Morgan fingerprint density at radius 2 is 1.73 bits per heavy atom. The number of hydrogen-bond donors (Lipinski definition) is 1. The quantitative estimate of drug-likeness (QED) is 0.554. The SMILES string of the molecule is COc1cc(C)c(/C=C\C(C)(CCc2ccc(C(C)(F)F)cc2)C(=O)O)c(OC)c1. The summed E-state index contributed by atoms with van der Waals surface area (Å²) in [5, 5.41) is 9.82. The van der Waals surface area contributed by atoms with E-state index in [1.807, 2.05) is 13.0 Å². The summed E-state index contributed by atoms with van der Waals surface area (Å²) < 4.78 is 37.4. The van der Waals surface area contributed by atoms with Crippen molar-refractivity contribution in [2.45, 2.75) is 39.5 Å². The second kappa shape index (κ2) is 9.28. The topological polar surface area (TPSA) is 55.8 Å². The highest BCUT2D eigenvalue weighted by molar-refractivity contribution is 5.79. The van der Waals surface area contributed by atoms with Crippen molar-refractivity contribution in [1.29, 1.82) is 0 Å². The smallest absolute Gasteiger partial charge is 0.313 e. The number of alkyl halides is 2. The third-order valence-corrected chi connectivity index (χ3v) is 5.28. The van der Waals surface area contributed by atoms with E-state index in [-0.39, 0.29) is 5.56 Å². The Kier molecular flexibility index (Phi) is 7.24. The van der Waals surface area contributed by atoms with Gasteiger partial charge in [-0.2, -0.15) is 0 Å². The maximum atomic E-state index is 13.4. The number of methoxy groups -OCH3 is 2. The van der Waals surface area contributed by atoms with E-state index >= 15 is 0 Å². The average Bonchev–Trinajstić information content (AvgIpc) is 2.70. The fourth-order valence-corrected chi connectivity index (χ4v) is 3.13. The highest BCUT2D eigenvalue weighted by Gasteiger charge is 2.30. The molecular weight excluding hydrogens is 390 g/mol. The van der Waals surface area contributed by atoms with Gasteiger partial charge in [0.1, 0.15) is 11.5 Å². The molecule has 0 fully saturated rings. The molecule has 0 aliphatic carbocycles. The molecule has 6 heteroatoms. The van der Waals surface area contributed by atoms with E-state index in [2.05, 4.69) is 0 Å². The van der Waals surface area contributed by atoms with Crippen LogP contribution in [0.1, 0.15) is 42.5 Å². The van der Waals surface area contributed by atoms with Crippen molar-refractivity contribution < 1.29 is 28.2 Å². The maximum Gasteiger partial charge on any atom is 0.313 e. The Bertz CT molecular complexity index is 914. The van der Waals surface area contributed by atoms with E-state index in [9.17, 15) is 18.7 Å². The van der Waals surface area contributed by atoms with Crippen LogP contribution in [0.3, 0.4) is 0 Å². The zero-order valence-corrected chi connectivity index (χ0v) is 18.0. The Balaban J connectivity index is 2.23. The molecule has 0 saturated heterocycles. The second-order valence-corrected chi connectivity index (χ2v) is 7.70. The van der Waals surface area contributed by atoms with E-state index < -0.39 is 17.3 Å². The molecule has 0 aromatic heterocycles. The van der Waals surface area contributed by atoms with Crippen molar-refractivity contribution in [2.24, 2.45) is 5.41 Å². The van der Waals surface area contributed by atoms with E-state index in [0.717, 1.165) is 23.6 Å². The second-order valence-electron chi connectivity index (χ2n) is 7.70. The van der Waals surface area contributed by atoms with Crippen LogP contribution >= 0.6 is 0 Å². The van der Waals surface area contributed by atoms with Gasteiger partial charge in [0, 0.05) is 24.1 Å². The van der Waals surface area contributed by atoms with E-state index in [1.165, 1.54) is 12.1 Å². The summed E-state index contributed by atoms with van der Waals surface area (Å²) in [7, 11) is 3.12. The average molecular weight is 418 g/mol. The number of carbonyl (C=O) groups is 1. The molecule has 2 rings (SSSR count). The number of rotatable bonds is 9. The standard InChI is InChI=1S/C24H28F2O4/c1-16-14-19(29-4)15-21(30-5)20(16)11-13-23(2,22(27)28)12-10-17-6-8-18(9-7-17)24(3,25)26/h6-9,11,13-15H,10,12H2,1-5H3,(H,27,28)/b13-11-. The van der Waals surface area contributed by atoms with Gasteiger partial charge in [-0.3, -0.25) is 4.79 Å². The molecule has 1 atom stereocenters. The fraction of sp³-hybridized carbons (Fsp3) is 0.375. The van der Waals surface area contributed by atoms with Gasteiger partial charge in [0.2, 0.25) is 0 Å². The van der Waals surface area contributed by atoms with Crippen molar-refractivity contribution in [3.8, 4) is 11.5 Å². The molecular formula is C24H28F2O4. The Hall–Kier alpha value is -2.89. The lowest BCUT2D eigenvalue weighted by molar-refractivity contribution is -0.145. The molecule has 0 aliphatic heterocycles. The van der Waals surface area contributed by atoms with Gasteiger partial charge in [0.15, 0.2) is 0 Å². The highest BCUT2D eigenvalue weighted by atomic mass is 19.3. The van der Waals surface area contributed by atoms with Crippen LogP contribution in [0.15, 0.2) is 42.5 Å². The van der Waals surface area contributed by atoms with E-state index in [4.69, 9.17) is 9.47 Å². The summed E-state index contributed by atoms with van der Waals surface area (Å²) in [6, 6.07) is 9.61. The van der Waals surface area contributed by atoms with Gasteiger partial charge < -0.3 is 14.6 Å². The Morgan fingerprint density at radius 1 is 1.10 bits per heavy atom. The van der Waals surface area contributed by atoms with E-state index in [0.29, 0.717) is 24.3 Å². The molecule has 0 bridgehead atoms. The van der Waals surface area contributed by atoms with Gasteiger partial charge in [-0.05, 0) is 43.9 Å². The predicted molar refractivity (Wildman–Crippen MR) is 113 cm³/mol. The summed E-state index contributed by atoms with van der Waals surface area (Å²) in [5.41, 5.74) is 1.29. The van der Waals surface area contributed by atoms with Crippen LogP contribution < -0.4 is 9.47 Å². The number of aliphatic carboxylic acids is 1. The lowest BCUT2D eigenvalue weighted by Gasteiger charge is -2.21. The van der Waals surface area contributed by atoms with Crippen LogP contribution in [-0.4, -0.2) is 25.3 Å². The fourth-order valence-electron chi connectivity index (χ4n) is 3.13. The van der Waals surface area contributed by atoms with Gasteiger partial charge in [0.05, 0.1) is 19.6 Å². The molecule has 30 heavy (non-hydrogen) atoms. The minimum absolute atomic E-state index is 0.0609. The zero-order valence-electron chi connectivity index (χ0n) is 18.0. The monoisotopic (exact) mass is 418 g/mol. The first-order valence-corrected chi connectivity index (χ1v) is 9.62. The first-order valence-electron chi connectivity index (χ1n) is 9.62. The van der Waals surface area contributed by atoms with Crippen LogP contribution in [0.5, 0.6) is 11.5 Å². The number of hydrogen-bond acceptors (Lipinski definition) is 3. The lowest BCUT2D eigenvalue weighted by atomic mass is 9.83. The van der Waals surface area contributed by atoms with Gasteiger partial charge in [0.25, 0.3) is 5.92 Å². The molecule has 0 saturated carbocycles. The van der Waals surface area contributed by atoms with Crippen LogP contribution in [0.4, 0.5) is 8.78 Å². The van der Waals surface area contributed by atoms with E-state index in [1.54, 1.807) is 51.5 Å². The molecule has 0 aliphatic rings. The maximum absolute atomic E-state index is 13.4. The normalized spacial score (nSPS) is 13.8. The van der Waals surface area contributed by atoms with Gasteiger partial charge in [-0.1, -0.05) is 36.4 Å². The number of carboxylic acids is 1. The van der Waals surface area contributed by atoms with Gasteiger partial charge in [-0.25, -0.2) is 8.78 Å². The highest BCUT2D eigenvalue weighted by Crippen LogP contribution is 2.33. The molecule has 2 aromatic carbocycles. The number of aryl methyl sites for hydroxylation is 2. The molecule has 4 nitrogen and oxygen atoms in total. The van der Waals surface area contributed by atoms with Gasteiger partial charge in [-0.15, -0.1) is 0 Å². The van der Waals surface area contributed by atoms with Crippen molar-refractivity contribution >= 4 is 12.0 Å². The Labute approximate surface area is 176 Å². The zero-order chi connectivity index (χ0) is 22.5. The number of carboxylic acid groups (broad SMARTS) is 1. The predicted octanol–water partition coefficient (Wildman–Crippen LogP) is 5.86. The number of ether oxygens (including phenoxy) is 2. The molecule has 0 spiro atoms. The third-order valence-electron chi connectivity index (χ3n) is 5.28. The van der Waals surface area contributed by atoms with Crippen molar-refractivity contribution in [2.75, 3.05) is 14.2 Å². The summed E-state index contributed by atoms with van der Waals surface area (Å²) >= 11 is 0. The Morgan fingerprint density at radius 3 is 2.23 bits per heavy atom. The summed E-state index contributed by atoms with van der Waals surface area (Å²) in [5.74, 6) is -2.61. The minimum Gasteiger partial charge on any atom is -0.497 e.